The van der Waals surface area contributed by atoms with Gasteiger partial charge in [0, 0.05) is 0 Å². The Morgan fingerprint density at radius 2 is 1.78 bits per heavy atom. The molecule has 0 aliphatic carbocycles. The molecule has 0 aliphatic rings. The van der Waals surface area contributed by atoms with E-state index in [0.29, 0.717) is 11.3 Å². The van der Waals surface area contributed by atoms with Crippen molar-refractivity contribution >= 4 is 11.9 Å². The highest BCUT2D eigenvalue weighted by molar-refractivity contribution is 5.90. The van der Waals surface area contributed by atoms with Crippen LogP contribution in [0.3, 0.4) is 0 Å². The van der Waals surface area contributed by atoms with Gasteiger partial charge in [-0.05, 0) is 18.2 Å². The van der Waals surface area contributed by atoms with Gasteiger partial charge in [0.15, 0.2) is 11.5 Å². The fourth-order valence-corrected chi connectivity index (χ4v) is 1.22. The van der Waals surface area contributed by atoms with Gasteiger partial charge in [0.1, 0.15) is 0 Å². The summed E-state index contributed by atoms with van der Waals surface area (Å²) in [6.07, 6.45) is 0. The number of carbonyl (C=O) groups is 2. The second-order valence-corrected chi connectivity index (χ2v) is 3.93. The maximum Gasteiger partial charge on any atom is 0.337 e. The highest BCUT2D eigenvalue weighted by atomic mass is 16.6. The maximum absolute atomic E-state index is 11.5. The summed E-state index contributed by atoms with van der Waals surface area (Å²) in [7, 11) is 2.73. The van der Waals surface area contributed by atoms with E-state index >= 15 is 0 Å². The van der Waals surface area contributed by atoms with Crippen LogP contribution < -0.4 is 9.47 Å². The van der Waals surface area contributed by atoms with Crippen molar-refractivity contribution in [2.24, 2.45) is 5.92 Å². The lowest BCUT2D eigenvalue weighted by Crippen LogP contribution is -2.15. The molecule has 5 heteroatoms. The normalized spacial score (nSPS) is 10.1. The van der Waals surface area contributed by atoms with Crippen LogP contribution in [0.5, 0.6) is 11.5 Å². The van der Waals surface area contributed by atoms with Crippen molar-refractivity contribution in [3.8, 4) is 11.5 Å². The second kappa shape index (κ2) is 6.05. The molecule has 0 N–H and O–H groups in total. The number of methoxy groups -OCH3 is 2. The molecular formula is C13H16O5. The molecule has 0 amide bonds. The van der Waals surface area contributed by atoms with E-state index in [2.05, 4.69) is 4.74 Å². The summed E-state index contributed by atoms with van der Waals surface area (Å²) in [5.74, 6) is -0.486. The smallest absolute Gasteiger partial charge is 0.337 e. The number of carbonyl (C=O) groups excluding carboxylic acids is 2. The summed E-state index contributed by atoms with van der Waals surface area (Å²) in [5, 5.41) is 0. The van der Waals surface area contributed by atoms with E-state index < -0.39 is 5.97 Å². The van der Waals surface area contributed by atoms with Gasteiger partial charge in [-0.15, -0.1) is 0 Å². The molecule has 5 nitrogen and oxygen atoms in total. The average Bonchev–Trinajstić information content (AvgIpc) is 2.37. The zero-order chi connectivity index (χ0) is 13.7. The number of benzene rings is 1. The Balaban J connectivity index is 3.00. The minimum Gasteiger partial charge on any atom is -0.493 e. The van der Waals surface area contributed by atoms with E-state index in [9.17, 15) is 9.59 Å². The van der Waals surface area contributed by atoms with Gasteiger partial charge < -0.3 is 14.2 Å². The molecule has 1 rings (SSSR count). The lowest BCUT2D eigenvalue weighted by Gasteiger charge is -2.11. The van der Waals surface area contributed by atoms with E-state index in [0.717, 1.165) is 0 Å². The Hall–Kier alpha value is -2.04. The summed E-state index contributed by atoms with van der Waals surface area (Å²) in [4.78, 5) is 22.8. The Labute approximate surface area is 106 Å². The first-order valence-electron chi connectivity index (χ1n) is 5.47. The third kappa shape index (κ3) is 3.23. The van der Waals surface area contributed by atoms with Crippen molar-refractivity contribution in [2.75, 3.05) is 14.2 Å². The summed E-state index contributed by atoms with van der Waals surface area (Å²) in [6, 6.07) is 4.48. The predicted molar refractivity (Wildman–Crippen MR) is 64.8 cm³/mol. The molecule has 98 valence electrons. The summed E-state index contributed by atoms with van der Waals surface area (Å²) >= 11 is 0. The standard InChI is InChI=1S/C13H16O5/c1-8(2)12(14)18-10-6-5-9(13(15)17-4)7-11(10)16-3/h5-8H,1-4H3. The maximum atomic E-state index is 11.5. The molecule has 0 saturated heterocycles. The lowest BCUT2D eigenvalue weighted by molar-refractivity contribution is -0.137. The molecular weight excluding hydrogens is 236 g/mol. The minimum absolute atomic E-state index is 0.241. The van der Waals surface area contributed by atoms with Gasteiger partial charge in [-0.25, -0.2) is 4.79 Å². The van der Waals surface area contributed by atoms with Crippen molar-refractivity contribution in [3.05, 3.63) is 23.8 Å². The van der Waals surface area contributed by atoms with Crippen molar-refractivity contribution in [1.29, 1.82) is 0 Å². The Kier molecular flexibility index (Phi) is 4.71. The first-order valence-corrected chi connectivity index (χ1v) is 5.47. The van der Waals surface area contributed by atoms with Gasteiger partial charge >= 0.3 is 11.9 Å². The molecule has 0 unspecified atom stereocenters. The molecule has 0 spiro atoms. The first-order chi connectivity index (χ1) is 8.49. The number of ether oxygens (including phenoxy) is 3. The van der Waals surface area contributed by atoms with E-state index in [4.69, 9.17) is 9.47 Å². The van der Waals surface area contributed by atoms with Crippen LogP contribution in [0.4, 0.5) is 0 Å². The van der Waals surface area contributed by atoms with Crippen LogP contribution in [-0.4, -0.2) is 26.2 Å². The zero-order valence-electron chi connectivity index (χ0n) is 10.9. The van der Waals surface area contributed by atoms with E-state index in [1.807, 2.05) is 0 Å². The van der Waals surface area contributed by atoms with Crippen LogP contribution in [0.15, 0.2) is 18.2 Å². The molecule has 0 aliphatic heterocycles. The van der Waals surface area contributed by atoms with Crippen molar-refractivity contribution in [1.82, 2.24) is 0 Å². The summed E-state index contributed by atoms with van der Waals surface area (Å²) < 4.78 is 14.8. The van der Waals surface area contributed by atoms with Gasteiger partial charge in [0.05, 0.1) is 25.7 Å². The molecule has 1 aromatic carbocycles. The van der Waals surface area contributed by atoms with E-state index in [1.165, 1.54) is 32.4 Å². The van der Waals surface area contributed by atoms with Crippen LogP contribution in [-0.2, 0) is 9.53 Å². The molecule has 18 heavy (non-hydrogen) atoms. The fourth-order valence-electron chi connectivity index (χ4n) is 1.22. The molecule has 0 heterocycles. The lowest BCUT2D eigenvalue weighted by atomic mass is 10.2. The molecule has 0 radical (unpaired) electrons. The van der Waals surface area contributed by atoms with E-state index in [-0.39, 0.29) is 17.6 Å². The SMILES string of the molecule is COC(=O)c1ccc(OC(=O)C(C)C)c(OC)c1. The van der Waals surface area contributed by atoms with E-state index in [1.54, 1.807) is 13.8 Å². The Bertz CT molecular complexity index is 451. The number of esters is 2. The molecule has 0 aromatic heterocycles. The zero-order valence-corrected chi connectivity index (χ0v) is 10.9. The topological polar surface area (TPSA) is 61.8 Å². The number of hydrogen-bond donors (Lipinski definition) is 0. The predicted octanol–water partition coefficient (Wildman–Crippen LogP) is 2.04. The number of rotatable bonds is 4. The van der Waals surface area contributed by atoms with Crippen LogP contribution >= 0.6 is 0 Å². The van der Waals surface area contributed by atoms with Gasteiger partial charge in [0.25, 0.3) is 0 Å². The summed E-state index contributed by atoms with van der Waals surface area (Å²) in [6.45, 7) is 3.47. The van der Waals surface area contributed by atoms with Gasteiger partial charge in [-0.1, -0.05) is 13.8 Å². The van der Waals surface area contributed by atoms with Crippen LogP contribution in [0.25, 0.3) is 0 Å². The Morgan fingerprint density at radius 1 is 1.11 bits per heavy atom. The Morgan fingerprint density at radius 3 is 2.28 bits per heavy atom. The third-order valence-corrected chi connectivity index (χ3v) is 2.27. The minimum atomic E-state index is -0.477. The molecule has 0 atom stereocenters. The van der Waals surface area contributed by atoms with Gasteiger partial charge in [-0.2, -0.15) is 0 Å². The van der Waals surface area contributed by atoms with Gasteiger partial charge in [-0.3, -0.25) is 4.79 Å². The molecule has 0 bridgehead atoms. The summed E-state index contributed by atoms with van der Waals surface area (Å²) in [5.41, 5.74) is 0.332. The quantitative estimate of drug-likeness (QED) is 0.606. The van der Waals surface area contributed by atoms with Gasteiger partial charge in [0.2, 0.25) is 0 Å². The first kappa shape index (κ1) is 14.0. The molecule has 1 aromatic rings. The fraction of sp³-hybridized carbons (Fsp3) is 0.385. The highest BCUT2D eigenvalue weighted by Gasteiger charge is 2.15. The average molecular weight is 252 g/mol. The van der Waals surface area contributed by atoms with Crippen molar-refractivity contribution < 1.29 is 23.8 Å². The monoisotopic (exact) mass is 252 g/mol. The van der Waals surface area contributed by atoms with Crippen LogP contribution in [0, 0.1) is 5.92 Å². The number of hydrogen-bond acceptors (Lipinski definition) is 5. The third-order valence-electron chi connectivity index (χ3n) is 2.27. The molecule has 0 fully saturated rings. The van der Waals surface area contributed by atoms with Crippen LogP contribution in [0.2, 0.25) is 0 Å². The largest absolute Gasteiger partial charge is 0.493 e. The highest BCUT2D eigenvalue weighted by Crippen LogP contribution is 2.29. The van der Waals surface area contributed by atoms with Crippen LogP contribution in [0.1, 0.15) is 24.2 Å². The van der Waals surface area contributed by atoms with Crippen molar-refractivity contribution in [2.45, 2.75) is 13.8 Å². The molecule has 0 saturated carbocycles. The van der Waals surface area contributed by atoms with Crippen molar-refractivity contribution in [3.63, 3.8) is 0 Å². The second-order valence-electron chi connectivity index (χ2n) is 3.93.